The highest BCUT2D eigenvalue weighted by Crippen LogP contribution is 2.55. The third kappa shape index (κ3) is 5.10. The average Bonchev–Trinajstić information content (AvgIpc) is 3.47. The van der Waals surface area contributed by atoms with E-state index in [1.165, 1.54) is 66.1 Å². The molecule has 9 aromatic rings. The van der Waals surface area contributed by atoms with Crippen LogP contribution in [0.2, 0.25) is 0 Å². The predicted molar refractivity (Wildman–Crippen MR) is 222 cm³/mol. The molecule has 8 aromatic carbocycles. The van der Waals surface area contributed by atoms with Crippen LogP contribution in [0.5, 0.6) is 0 Å². The van der Waals surface area contributed by atoms with E-state index in [0.717, 1.165) is 28.1 Å². The minimum absolute atomic E-state index is 0.123. The van der Waals surface area contributed by atoms with Crippen LogP contribution in [0, 0.1) is 0 Å². The molecule has 0 amide bonds. The molecular formula is C51H36N2. The van der Waals surface area contributed by atoms with Crippen LogP contribution in [-0.2, 0) is 5.41 Å². The van der Waals surface area contributed by atoms with Crippen LogP contribution < -0.4 is 0 Å². The van der Waals surface area contributed by atoms with Gasteiger partial charge in [-0.3, -0.25) is 0 Å². The van der Waals surface area contributed by atoms with Crippen molar-refractivity contribution in [2.75, 3.05) is 0 Å². The van der Waals surface area contributed by atoms with Crippen molar-refractivity contribution in [2.24, 2.45) is 0 Å². The quantitative estimate of drug-likeness (QED) is 0.181. The molecule has 1 heterocycles. The van der Waals surface area contributed by atoms with Crippen molar-refractivity contribution < 1.29 is 0 Å². The number of benzene rings is 8. The summed E-state index contributed by atoms with van der Waals surface area (Å²) in [4.78, 5) is 10.4. The lowest BCUT2D eigenvalue weighted by Gasteiger charge is -2.23. The Hall–Kier alpha value is -6.64. The van der Waals surface area contributed by atoms with Crippen molar-refractivity contribution in [3.8, 4) is 67.3 Å². The maximum atomic E-state index is 5.24. The predicted octanol–water partition coefficient (Wildman–Crippen LogP) is 13.4. The highest BCUT2D eigenvalue weighted by Gasteiger charge is 2.38. The Labute approximate surface area is 310 Å². The van der Waals surface area contributed by atoms with Crippen LogP contribution >= 0.6 is 0 Å². The van der Waals surface area contributed by atoms with E-state index < -0.39 is 0 Å². The lowest BCUT2D eigenvalue weighted by atomic mass is 9.80. The molecule has 10 rings (SSSR count). The number of rotatable bonds is 5. The molecule has 2 nitrogen and oxygen atoms in total. The fourth-order valence-corrected chi connectivity index (χ4v) is 8.55. The van der Waals surface area contributed by atoms with Crippen LogP contribution in [0.1, 0.15) is 25.0 Å². The normalized spacial score (nSPS) is 12.9. The molecule has 0 saturated carbocycles. The first-order valence-electron chi connectivity index (χ1n) is 18.3. The Morgan fingerprint density at radius 1 is 0.377 bits per heavy atom. The Balaban J connectivity index is 1.15. The Kier molecular flexibility index (Phi) is 7.19. The maximum Gasteiger partial charge on any atom is 0.160 e. The van der Waals surface area contributed by atoms with Crippen molar-refractivity contribution in [1.82, 2.24) is 9.97 Å². The van der Waals surface area contributed by atoms with Gasteiger partial charge in [0.2, 0.25) is 0 Å². The number of fused-ring (bicyclic) bond motifs is 6. The van der Waals surface area contributed by atoms with Crippen molar-refractivity contribution in [1.29, 1.82) is 0 Å². The first-order valence-corrected chi connectivity index (χ1v) is 18.3. The van der Waals surface area contributed by atoms with Gasteiger partial charge in [0.05, 0.1) is 11.4 Å². The molecule has 0 unspecified atom stereocenters. The van der Waals surface area contributed by atoms with Crippen LogP contribution in [0.3, 0.4) is 0 Å². The lowest BCUT2D eigenvalue weighted by molar-refractivity contribution is 0.666. The SMILES string of the molecule is CC1(C)c2cccc(-c3ccc(-c4cc(-c5ccc(-c6ccccc6)cc5)nc(-c5ccccc5)n4)c4ccccc34)c2-c2ccc3ccccc3c21. The average molecular weight is 677 g/mol. The zero-order chi connectivity index (χ0) is 35.5. The second-order valence-electron chi connectivity index (χ2n) is 14.5. The summed E-state index contributed by atoms with van der Waals surface area (Å²) in [6, 6.07) is 65.3. The van der Waals surface area contributed by atoms with Crippen LogP contribution in [-0.4, -0.2) is 9.97 Å². The van der Waals surface area contributed by atoms with E-state index in [2.05, 4.69) is 178 Å². The summed E-state index contributed by atoms with van der Waals surface area (Å²) in [5.74, 6) is 0.713. The molecule has 2 heteroatoms. The van der Waals surface area contributed by atoms with E-state index in [1.54, 1.807) is 0 Å². The molecule has 0 radical (unpaired) electrons. The number of hydrogen-bond acceptors (Lipinski definition) is 2. The van der Waals surface area contributed by atoms with Gasteiger partial charge in [0.25, 0.3) is 0 Å². The van der Waals surface area contributed by atoms with Gasteiger partial charge in [0, 0.05) is 22.1 Å². The standard InChI is InChI=1S/C51H36N2/c1-51(2)45-23-13-22-43(48(45)44-29-28-35-16-9-10-19-38(35)49(44)51)41-30-31-42(40-21-12-11-20-39(40)41)47-32-46(52-50(53-47)37-17-7-4-8-18-37)36-26-24-34(25-27-36)33-14-5-3-6-15-33/h3-32H,1-2H3. The van der Waals surface area contributed by atoms with Gasteiger partial charge >= 0.3 is 0 Å². The van der Waals surface area contributed by atoms with E-state index >= 15 is 0 Å². The molecule has 0 N–H and O–H groups in total. The Bertz CT molecular complexity index is 2830. The summed E-state index contributed by atoms with van der Waals surface area (Å²) < 4.78 is 0. The lowest BCUT2D eigenvalue weighted by Crippen LogP contribution is -2.15. The molecule has 1 aliphatic rings. The van der Waals surface area contributed by atoms with E-state index in [-0.39, 0.29) is 5.41 Å². The fraction of sp³-hybridized carbons (Fsp3) is 0.0588. The van der Waals surface area contributed by atoms with Gasteiger partial charge in [-0.1, -0.05) is 190 Å². The molecule has 1 aromatic heterocycles. The van der Waals surface area contributed by atoms with E-state index in [4.69, 9.17) is 9.97 Å². The minimum atomic E-state index is -0.123. The summed E-state index contributed by atoms with van der Waals surface area (Å²) in [5.41, 5.74) is 15.1. The number of hydrogen-bond donors (Lipinski definition) is 0. The summed E-state index contributed by atoms with van der Waals surface area (Å²) >= 11 is 0. The van der Waals surface area contributed by atoms with E-state index in [0.29, 0.717) is 5.82 Å². The molecule has 0 atom stereocenters. The summed E-state index contributed by atoms with van der Waals surface area (Å²) in [6.45, 7) is 4.75. The van der Waals surface area contributed by atoms with Gasteiger partial charge in [-0.15, -0.1) is 0 Å². The van der Waals surface area contributed by atoms with Gasteiger partial charge < -0.3 is 0 Å². The molecule has 0 aliphatic heterocycles. The Morgan fingerprint density at radius 2 is 0.943 bits per heavy atom. The summed E-state index contributed by atoms with van der Waals surface area (Å²) in [6.07, 6.45) is 0. The molecule has 53 heavy (non-hydrogen) atoms. The third-order valence-electron chi connectivity index (χ3n) is 11.1. The Morgan fingerprint density at radius 3 is 1.70 bits per heavy atom. The number of aromatic nitrogens is 2. The van der Waals surface area contributed by atoms with Crippen molar-refractivity contribution in [3.05, 3.63) is 193 Å². The topological polar surface area (TPSA) is 25.8 Å². The van der Waals surface area contributed by atoms with Crippen molar-refractivity contribution in [3.63, 3.8) is 0 Å². The highest BCUT2D eigenvalue weighted by atomic mass is 14.9. The van der Waals surface area contributed by atoms with E-state index in [9.17, 15) is 0 Å². The highest BCUT2D eigenvalue weighted by molar-refractivity contribution is 6.09. The van der Waals surface area contributed by atoms with Crippen LogP contribution in [0.4, 0.5) is 0 Å². The van der Waals surface area contributed by atoms with Gasteiger partial charge in [-0.2, -0.15) is 0 Å². The smallest absolute Gasteiger partial charge is 0.160 e. The van der Waals surface area contributed by atoms with Crippen LogP contribution in [0.25, 0.3) is 88.8 Å². The second-order valence-corrected chi connectivity index (χ2v) is 14.5. The molecule has 0 spiro atoms. The van der Waals surface area contributed by atoms with Gasteiger partial charge in [-0.05, 0) is 72.1 Å². The van der Waals surface area contributed by atoms with Crippen molar-refractivity contribution >= 4 is 21.5 Å². The van der Waals surface area contributed by atoms with E-state index in [1.807, 2.05) is 18.2 Å². The van der Waals surface area contributed by atoms with Gasteiger partial charge in [0.1, 0.15) is 0 Å². The molecule has 0 fully saturated rings. The first-order chi connectivity index (χ1) is 26.0. The largest absolute Gasteiger partial charge is 0.228 e. The minimum Gasteiger partial charge on any atom is -0.228 e. The molecular weight excluding hydrogens is 641 g/mol. The zero-order valence-corrected chi connectivity index (χ0v) is 29.7. The molecule has 250 valence electrons. The van der Waals surface area contributed by atoms with Crippen LogP contribution in [0.15, 0.2) is 182 Å². The first kappa shape index (κ1) is 31.1. The molecule has 1 aliphatic carbocycles. The third-order valence-corrected chi connectivity index (χ3v) is 11.1. The zero-order valence-electron chi connectivity index (χ0n) is 29.7. The summed E-state index contributed by atoms with van der Waals surface area (Å²) in [7, 11) is 0. The van der Waals surface area contributed by atoms with Gasteiger partial charge in [-0.25, -0.2) is 9.97 Å². The second kappa shape index (κ2) is 12.3. The van der Waals surface area contributed by atoms with Gasteiger partial charge in [0.15, 0.2) is 5.82 Å². The maximum absolute atomic E-state index is 5.24. The monoisotopic (exact) mass is 676 g/mol. The van der Waals surface area contributed by atoms with Crippen molar-refractivity contribution in [2.45, 2.75) is 19.3 Å². The molecule has 0 saturated heterocycles. The number of nitrogens with zero attached hydrogens (tertiary/aromatic N) is 2. The molecule has 0 bridgehead atoms. The summed E-state index contributed by atoms with van der Waals surface area (Å²) in [5, 5.41) is 5.00. The fourth-order valence-electron chi connectivity index (χ4n) is 8.55.